The zero-order valence-corrected chi connectivity index (χ0v) is 26.0. The first-order chi connectivity index (χ1) is 23.3. The van der Waals surface area contributed by atoms with Crippen molar-refractivity contribution in [3.63, 3.8) is 0 Å². The third-order valence-corrected chi connectivity index (χ3v) is 9.96. The Morgan fingerprint density at radius 2 is 0.681 bits per heavy atom. The topological polar surface area (TPSA) is 0 Å². The van der Waals surface area contributed by atoms with Gasteiger partial charge in [0.2, 0.25) is 0 Å². The van der Waals surface area contributed by atoms with E-state index in [0.29, 0.717) is 0 Å². The fraction of sp³-hybridized carbons (Fsp3) is 0.0213. The average molecular weight is 597 g/mol. The molecule has 1 aliphatic rings. The van der Waals surface area contributed by atoms with Crippen molar-refractivity contribution in [1.29, 1.82) is 0 Å². The molecule has 0 saturated heterocycles. The van der Waals surface area contributed by atoms with Gasteiger partial charge < -0.3 is 0 Å². The molecule has 220 valence electrons. The van der Waals surface area contributed by atoms with Crippen LogP contribution in [0.3, 0.4) is 0 Å². The third-order valence-electron chi connectivity index (χ3n) is 9.96. The molecule has 1 aliphatic carbocycles. The monoisotopic (exact) mass is 596 g/mol. The van der Waals surface area contributed by atoms with E-state index in [1.165, 1.54) is 77.2 Å². The first-order valence-corrected chi connectivity index (χ1v) is 16.4. The summed E-state index contributed by atoms with van der Waals surface area (Å²) < 4.78 is 0. The van der Waals surface area contributed by atoms with E-state index in [-0.39, 0.29) is 0 Å². The molecule has 0 N–H and O–H groups in total. The van der Waals surface area contributed by atoms with Crippen molar-refractivity contribution in [1.82, 2.24) is 0 Å². The maximum atomic E-state index is 2.41. The summed E-state index contributed by atoms with van der Waals surface area (Å²) >= 11 is 0. The average Bonchev–Trinajstić information content (AvgIpc) is 3.51. The van der Waals surface area contributed by atoms with Crippen molar-refractivity contribution in [2.45, 2.75) is 5.41 Å². The highest BCUT2D eigenvalue weighted by Crippen LogP contribution is 2.55. The minimum Gasteiger partial charge on any atom is -0.0622 e. The van der Waals surface area contributed by atoms with Crippen LogP contribution in [0.2, 0.25) is 0 Å². The van der Waals surface area contributed by atoms with Crippen LogP contribution < -0.4 is 0 Å². The first kappa shape index (κ1) is 27.3. The molecule has 0 bridgehead atoms. The summed E-state index contributed by atoms with van der Waals surface area (Å²) in [6, 6.07) is 68.8. The van der Waals surface area contributed by atoms with Crippen LogP contribution in [0.15, 0.2) is 188 Å². The Morgan fingerprint density at radius 1 is 0.298 bits per heavy atom. The van der Waals surface area contributed by atoms with Gasteiger partial charge >= 0.3 is 0 Å². The Morgan fingerprint density at radius 3 is 1.19 bits per heavy atom. The van der Waals surface area contributed by atoms with Crippen molar-refractivity contribution >= 4 is 33.2 Å². The minimum absolute atomic E-state index is 0.419. The molecule has 0 atom stereocenters. The standard InChI is InChI=1S/C47H32/c1-4-16-34(17-5-1)45-39-23-11-13-25-41(39)46(42-26-14-12-24-40(42)45)35-30-28-33(29-31-35)44-32-36-18-10-15-27-43(36)47(44,37-19-6-2-7-20-37)38-21-8-3-9-22-38/h1-32H. The Hall–Kier alpha value is -5.98. The lowest BCUT2D eigenvalue weighted by Crippen LogP contribution is -2.29. The highest BCUT2D eigenvalue weighted by Gasteiger charge is 2.45. The molecule has 0 aliphatic heterocycles. The van der Waals surface area contributed by atoms with Gasteiger partial charge in [0.1, 0.15) is 0 Å². The van der Waals surface area contributed by atoms with Crippen molar-refractivity contribution in [2.24, 2.45) is 0 Å². The highest BCUT2D eigenvalue weighted by atomic mass is 14.5. The molecule has 0 heterocycles. The van der Waals surface area contributed by atoms with Crippen molar-refractivity contribution in [2.75, 3.05) is 0 Å². The third kappa shape index (κ3) is 4.22. The summed E-state index contributed by atoms with van der Waals surface area (Å²) in [7, 11) is 0. The molecule has 47 heavy (non-hydrogen) atoms. The molecule has 0 radical (unpaired) electrons. The van der Waals surface area contributed by atoms with E-state index in [1.54, 1.807) is 0 Å². The van der Waals surface area contributed by atoms with Gasteiger partial charge in [0.05, 0.1) is 5.41 Å². The quantitative estimate of drug-likeness (QED) is 0.173. The highest BCUT2D eigenvalue weighted by molar-refractivity contribution is 6.21. The molecule has 9 rings (SSSR count). The lowest BCUT2D eigenvalue weighted by molar-refractivity contribution is 0.814. The Bertz CT molecular complexity index is 2320. The number of rotatable bonds is 5. The molecule has 0 fully saturated rings. The Kier molecular flexibility index (Phi) is 6.47. The maximum absolute atomic E-state index is 2.41. The van der Waals surface area contributed by atoms with Gasteiger partial charge in [0.15, 0.2) is 0 Å². The van der Waals surface area contributed by atoms with Crippen LogP contribution in [0.25, 0.3) is 55.4 Å². The smallest absolute Gasteiger partial charge is 0.0622 e. The van der Waals surface area contributed by atoms with E-state index in [2.05, 4.69) is 194 Å². The van der Waals surface area contributed by atoms with Gasteiger partial charge in [-0.3, -0.25) is 0 Å². The lowest BCUT2D eigenvalue weighted by Gasteiger charge is -2.36. The van der Waals surface area contributed by atoms with E-state index >= 15 is 0 Å². The Labute approximate surface area is 275 Å². The van der Waals surface area contributed by atoms with Crippen LogP contribution in [0.5, 0.6) is 0 Å². The minimum atomic E-state index is -0.419. The largest absolute Gasteiger partial charge is 0.0713 e. The second-order valence-electron chi connectivity index (χ2n) is 12.4. The molecule has 8 aromatic rings. The normalized spacial score (nSPS) is 13.4. The van der Waals surface area contributed by atoms with Gasteiger partial charge in [0.25, 0.3) is 0 Å². The van der Waals surface area contributed by atoms with E-state index in [0.717, 1.165) is 0 Å². The molecule has 0 amide bonds. The predicted octanol–water partition coefficient (Wildman–Crippen LogP) is 12.2. The molecule has 8 aromatic carbocycles. The second kappa shape index (κ2) is 11.1. The number of allylic oxidation sites excluding steroid dienone is 1. The lowest BCUT2D eigenvalue weighted by atomic mass is 9.65. The van der Waals surface area contributed by atoms with Crippen molar-refractivity contribution in [3.8, 4) is 22.3 Å². The molecule has 0 saturated carbocycles. The van der Waals surface area contributed by atoms with Gasteiger partial charge in [0, 0.05) is 0 Å². The Balaban J connectivity index is 1.26. The van der Waals surface area contributed by atoms with Gasteiger partial charge in [-0.25, -0.2) is 0 Å². The van der Waals surface area contributed by atoms with Crippen LogP contribution in [-0.2, 0) is 5.41 Å². The molecule has 0 spiro atoms. The maximum Gasteiger partial charge on any atom is 0.0713 e. The molecular weight excluding hydrogens is 565 g/mol. The van der Waals surface area contributed by atoms with Gasteiger partial charge in [-0.05, 0) is 83.3 Å². The summed E-state index contributed by atoms with van der Waals surface area (Å²) in [5.74, 6) is 0. The van der Waals surface area contributed by atoms with Crippen LogP contribution in [0.1, 0.15) is 27.8 Å². The zero-order valence-electron chi connectivity index (χ0n) is 26.0. The summed E-state index contributed by atoms with van der Waals surface area (Å²) in [6.07, 6.45) is 2.41. The number of hydrogen-bond donors (Lipinski definition) is 0. The summed E-state index contributed by atoms with van der Waals surface area (Å²) in [5.41, 5.74) is 12.3. The van der Waals surface area contributed by atoms with E-state index in [1.807, 2.05) is 0 Å². The summed E-state index contributed by atoms with van der Waals surface area (Å²) in [6.45, 7) is 0. The molecule has 0 aromatic heterocycles. The molecular formula is C47H32. The van der Waals surface area contributed by atoms with E-state index < -0.39 is 5.41 Å². The van der Waals surface area contributed by atoms with Crippen LogP contribution >= 0.6 is 0 Å². The van der Waals surface area contributed by atoms with Crippen molar-refractivity contribution < 1.29 is 0 Å². The fourth-order valence-corrected chi connectivity index (χ4v) is 8.01. The molecule has 0 unspecified atom stereocenters. The van der Waals surface area contributed by atoms with Crippen LogP contribution in [-0.4, -0.2) is 0 Å². The second-order valence-corrected chi connectivity index (χ2v) is 12.4. The predicted molar refractivity (Wildman–Crippen MR) is 199 cm³/mol. The SMILES string of the molecule is C1=C(c2ccc(-c3c4ccccc4c(-c4ccccc4)c4ccccc34)cc2)C(c2ccccc2)(c2ccccc2)c2ccccc21. The summed E-state index contributed by atoms with van der Waals surface area (Å²) in [5, 5.41) is 5.09. The van der Waals surface area contributed by atoms with Crippen LogP contribution in [0, 0.1) is 0 Å². The summed E-state index contributed by atoms with van der Waals surface area (Å²) in [4.78, 5) is 0. The zero-order chi connectivity index (χ0) is 31.2. The number of hydrogen-bond acceptors (Lipinski definition) is 0. The number of fused-ring (bicyclic) bond motifs is 3. The molecule has 0 heteroatoms. The van der Waals surface area contributed by atoms with E-state index in [9.17, 15) is 0 Å². The van der Waals surface area contributed by atoms with Crippen molar-refractivity contribution in [3.05, 3.63) is 216 Å². The van der Waals surface area contributed by atoms with Gasteiger partial charge in [-0.15, -0.1) is 0 Å². The van der Waals surface area contributed by atoms with Gasteiger partial charge in [-0.1, -0.05) is 188 Å². The fourth-order valence-electron chi connectivity index (χ4n) is 8.01. The van der Waals surface area contributed by atoms with Crippen LogP contribution in [0.4, 0.5) is 0 Å². The van der Waals surface area contributed by atoms with Gasteiger partial charge in [-0.2, -0.15) is 0 Å². The first-order valence-electron chi connectivity index (χ1n) is 16.4. The van der Waals surface area contributed by atoms with E-state index in [4.69, 9.17) is 0 Å². The number of benzene rings is 8. The molecule has 0 nitrogen and oxygen atoms in total.